The normalized spacial score (nSPS) is 25.3. The van der Waals surface area contributed by atoms with Crippen molar-refractivity contribution in [2.45, 2.75) is 491 Å². The molecule has 0 amide bonds. The second-order valence-electron chi connectivity index (χ2n) is 32.8. The number of rotatable bonds is 74. The predicted molar refractivity (Wildman–Crippen MR) is 444 cm³/mol. The van der Waals surface area contributed by atoms with E-state index >= 15 is 0 Å². The van der Waals surface area contributed by atoms with Gasteiger partial charge in [-0.1, -0.05) is 309 Å². The third kappa shape index (κ3) is 49.0. The zero-order chi connectivity index (χ0) is 84.0. The number of hydrogen-bond donors (Lipinski definition) is 10. The van der Waals surface area contributed by atoms with Gasteiger partial charge in [-0.25, -0.2) is 4.57 Å². The molecule has 18 unspecified atom stereocenters. The van der Waals surface area contributed by atoms with Gasteiger partial charge in [-0.2, -0.15) is 0 Å². The Morgan fingerprint density at radius 3 is 1.04 bits per heavy atom. The minimum absolute atomic E-state index is 0.0172. The molecule has 0 aromatic rings. The molecule has 26 heteroatoms. The lowest BCUT2D eigenvalue weighted by molar-refractivity contribution is -0.360. The Kier molecular flexibility index (Phi) is 63.2. The van der Waals surface area contributed by atoms with E-state index in [-0.39, 0.29) is 25.7 Å². The van der Waals surface area contributed by atoms with Crippen LogP contribution >= 0.6 is 7.82 Å². The third-order valence-corrected chi connectivity index (χ3v) is 23.4. The Morgan fingerprint density at radius 1 is 0.339 bits per heavy atom. The maximum absolute atomic E-state index is 14.9. The number of unbranched alkanes of at least 4 members (excludes halogenated alkanes) is 46. The van der Waals surface area contributed by atoms with Crippen LogP contribution < -0.4 is 0 Å². The van der Waals surface area contributed by atoms with Gasteiger partial charge in [0.25, 0.3) is 0 Å². The molecule has 115 heavy (non-hydrogen) atoms. The molecule has 0 radical (unpaired) electrons. The van der Waals surface area contributed by atoms with E-state index in [2.05, 4.69) is 52.0 Å². The van der Waals surface area contributed by atoms with Crippen molar-refractivity contribution in [1.29, 1.82) is 0 Å². The minimum Gasteiger partial charge on any atom is -0.463 e. The fraction of sp³-hybridized carbons (Fsp3) is 0.910. The highest BCUT2D eigenvalue weighted by Crippen LogP contribution is 2.49. The SMILES string of the molecule is CCCCCC/C=C\CCCCCCCCCC(=O)OCC(COP(=O)(O)OC1C(OC2OC(CO)C(O)C(O)C2O)C(O)C(O)C(OC(=O)CCCCCCCCCCCCCCC)C1OC1OC(COC(=O)CCCCCCCCCCCCCCC)C(O)C(O)C1O)OC(=O)CCCCCCCCC/C=C\CCCCCC. The Balaban J connectivity index is 1.92. The van der Waals surface area contributed by atoms with Crippen molar-refractivity contribution < 1.29 is 122 Å². The molecule has 3 fully saturated rings. The number of ether oxygens (including phenoxy) is 8. The summed E-state index contributed by atoms with van der Waals surface area (Å²) in [5.41, 5.74) is 0. The first-order valence-corrected chi connectivity index (χ1v) is 47.6. The molecule has 2 saturated heterocycles. The van der Waals surface area contributed by atoms with Crippen LogP contribution in [0.3, 0.4) is 0 Å². The van der Waals surface area contributed by atoms with Crippen LogP contribution in [0.5, 0.6) is 0 Å². The fourth-order valence-electron chi connectivity index (χ4n) is 15.1. The predicted octanol–water partition coefficient (Wildman–Crippen LogP) is 16.5. The topological polar surface area (TPSA) is 380 Å². The van der Waals surface area contributed by atoms with Gasteiger partial charge in [0.15, 0.2) is 24.8 Å². The van der Waals surface area contributed by atoms with Gasteiger partial charge in [0.05, 0.1) is 13.2 Å². The van der Waals surface area contributed by atoms with Crippen molar-refractivity contribution in [2.24, 2.45) is 0 Å². The highest BCUT2D eigenvalue weighted by Gasteiger charge is 2.60. The van der Waals surface area contributed by atoms with E-state index < -0.39 is 162 Å². The number of phosphoric ester groups is 1. The highest BCUT2D eigenvalue weighted by molar-refractivity contribution is 7.47. The number of carbonyl (C=O) groups excluding carboxylic acids is 4. The number of carbonyl (C=O) groups is 4. The fourth-order valence-corrected chi connectivity index (χ4v) is 16.0. The molecule has 1 aliphatic carbocycles. The third-order valence-electron chi connectivity index (χ3n) is 22.4. The molecule has 1 saturated carbocycles. The number of aliphatic hydroxyl groups excluding tert-OH is 9. The lowest BCUT2D eigenvalue weighted by atomic mass is 9.84. The maximum Gasteiger partial charge on any atom is 0.472 e. The van der Waals surface area contributed by atoms with Crippen molar-refractivity contribution in [1.82, 2.24) is 0 Å². The summed E-state index contributed by atoms with van der Waals surface area (Å²) in [6, 6.07) is 0. The molecule has 25 nitrogen and oxygen atoms in total. The summed E-state index contributed by atoms with van der Waals surface area (Å²) < 4.78 is 73.3. The van der Waals surface area contributed by atoms with Crippen LogP contribution in [-0.2, 0) is 70.7 Å². The molecule has 0 bridgehead atoms. The maximum atomic E-state index is 14.9. The highest BCUT2D eigenvalue weighted by atomic mass is 31.2. The molecule has 3 rings (SSSR count). The molecule has 3 aliphatic rings. The van der Waals surface area contributed by atoms with Gasteiger partial charge < -0.3 is 88.7 Å². The number of aliphatic hydroxyl groups is 9. The van der Waals surface area contributed by atoms with Gasteiger partial charge in [0, 0.05) is 25.7 Å². The van der Waals surface area contributed by atoms with E-state index in [1.165, 1.54) is 135 Å². The molecule has 2 heterocycles. The Bertz CT molecular complexity index is 2490. The number of allylic oxidation sites excluding steroid dienone is 4. The summed E-state index contributed by atoms with van der Waals surface area (Å²) in [4.78, 5) is 66.4. The van der Waals surface area contributed by atoms with Crippen molar-refractivity contribution >= 4 is 31.7 Å². The standard InChI is InChI=1S/C89H163O25P/c1-5-9-13-17-21-25-29-33-35-39-42-45-49-53-57-61-72(91)105-66-69(108-74(93)63-59-55-51-47-44-40-36-34-30-26-22-18-14-10-6-2)67-107-115(103,104)114-87-85(112-88-82(101)78(97)76(95)70(65-90)109-88)81(100)80(99)84(111-75(94)64-60-56-52-48-43-38-32-28-24-20-16-12-8-4)86(87)113-89-83(102)79(98)77(96)71(110-89)68-106-73(92)62-58-54-50-46-41-37-31-27-23-19-15-11-7-3/h25-26,29-30,69-71,76-90,95-102H,5-24,27-28,31-68H2,1-4H3,(H,103,104)/b29-25-,30-26-. The van der Waals surface area contributed by atoms with Gasteiger partial charge >= 0.3 is 31.7 Å². The first-order valence-electron chi connectivity index (χ1n) is 46.1. The lowest BCUT2D eigenvalue weighted by Gasteiger charge is -2.50. The average molecular weight is 1660 g/mol. The second kappa shape index (κ2) is 68.5. The van der Waals surface area contributed by atoms with Gasteiger partial charge in [-0.3, -0.25) is 28.2 Å². The molecular weight excluding hydrogens is 1500 g/mol. The van der Waals surface area contributed by atoms with Crippen LogP contribution in [0.2, 0.25) is 0 Å². The van der Waals surface area contributed by atoms with Crippen molar-refractivity contribution in [3.8, 4) is 0 Å². The van der Waals surface area contributed by atoms with Crippen molar-refractivity contribution in [2.75, 3.05) is 26.4 Å². The molecule has 18 atom stereocenters. The molecule has 0 aromatic heterocycles. The van der Waals surface area contributed by atoms with Crippen LogP contribution in [0.25, 0.3) is 0 Å². The molecule has 674 valence electrons. The van der Waals surface area contributed by atoms with Gasteiger partial charge in [-0.05, 0) is 77.0 Å². The summed E-state index contributed by atoms with van der Waals surface area (Å²) in [5, 5.41) is 102. The summed E-state index contributed by atoms with van der Waals surface area (Å²) in [6.45, 7) is 5.55. The summed E-state index contributed by atoms with van der Waals surface area (Å²) in [5.74, 6) is -2.97. The summed E-state index contributed by atoms with van der Waals surface area (Å²) >= 11 is 0. The van der Waals surface area contributed by atoms with Gasteiger partial charge in [0.2, 0.25) is 0 Å². The summed E-state index contributed by atoms with van der Waals surface area (Å²) in [7, 11) is -5.81. The van der Waals surface area contributed by atoms with E-state index in [4.69, 9.17) is 46.9 Å². The largest absolute Gasteiger partial charge is 0.472 e. The molecule has 10 N–H and O–H groups in total. The number of phosphoric acid groups is 1. The Morgan fingerprint density at radius 2 is 0.652 bits per heavy atom. The van der Waals surface area contributed by atoms with E-state index in [1.54, 1.807) is 0 Å². The van der Waals surface area contributed by atoms with Crippen molar-refractivity contribution in [3.05, 3.63) is 24.3 Å². The van der Waals surface area contributed by atoms with Crippen molar-refractivity contribution in [3.63, 3.8) is 0 Å². The van der Waals surface area contributed by atoms with Gasteiger partial charge in [0.1, 0.15) is 92.6 Å². The minimum atomic E-state index is -5.81. The summed E-state index contributed by atoms with van der Waals surface area (Å²) in [6.07, 6.45) is 27.5. The van der Waals surface area contributed by atoms with E-state index in [1.807, 2.05) is 0 Å². The molecular formula is C89H163O25P. The zero-order valence-electron chi connectivity index (χ0n) is 71.6. The zero-order valence-corrected chi connectivity index (χ0v) is 72.5. The van der Waals surface area contributed by atoms with Crippen LogP contribution in [0, 0.1) is 0 Å². The van der Waals surface area contributed by atoms with Crippen LogP contribution in [0.1, 0.15) is 387 Å². The number of hydrogen-bond acceptors (Lipinski definition) is 24. The Labute approximate surface area is 692 Å². The average Bonchev–Trinajstić information content (AvgIpc) is 0.754. The first-order chi connectivity index (χ1) is 55.7. The molecule has 0 aromatic carbocycles. The monoisotopic (exact) mass is 1660 g/mol. The number of esters is 4. The second-order valence-corrected chi connectivity index (χ2v) is 34.2. The smallest absolute Gasteiger partial charge is 0.463 e. The molecule has 2 aliphatic heterocycles. The lowest BCUT2D eigenvalue weighted by Crippen LogP contribution is -2.70. The molecule has 0 spiro atoms. The van der Waals surface area contributed by atoms with E-state index in [9.17, 15) is 74.6 Å². The van der Waals surface area contributed by atoms with Crippen LogP contribution in [0.4, 0.5) is 0 Å². The Hall–Kier alpha value is -3.05. The van der Waals surface area contributed by atoms with Crippen LogP contribution in [-0.4, -0.2) is 205 Å². The van der Waals surface area contributed by atoms with Gasteiger partial charge in [-0.15, -0.1) is 0 Å². The van der Waals surface area contributed by atoms with Crippen LogP contribution in [0.15, 0.2) is 24.3 Å². The van der Waals surface area contributed by atoms with E-state index in [0.717, 1.165) is 161 Å². The first kappa shape index (κ1) is 106. The van der Waals surface area contributed by atoms with E-state index in [0.29, 0.717) is 38.5 Å². The quantitative estimate of drug-likeness (QED) is 0.00889.